The van der Waals surface area contributed by atoms with Gasteiger partial charge in [-0.05, 0) is 28.1 Å². The number of halogens is 2. The highest BCUT2D eigenvalue weighted by atomic mass is 79.9. The van der Waals surface area contributed by atoms with Crippen molar-refractivity contribution in [3.8, 4) is 0 Å². The summed E-state index contributed by atoms with van der Waals surface area (Å²) < 4.78 is 12.9. The molecule has 1 aromatic carbocycles. The maximum Gasteiger partial charge on any atom is 0.336 e. The van der Waals surface area contributed by atoms with Crippen molar-refractivity contribution in [1.82, 2.24) is 0 Å². The highest BCUT2D eigenvalue weighted by Crippen LogP contribution is 2.22. The fourth-order valence-corrected chi connectivity index (χ4v) is 1.35. The van der Waals surface area contributed by atoms with Crippen LogP contribution in [0.15, 0.2) is 16.6 Å². The molecular formula is C8H4BrFO3. The molecule has 0 saturated heterocycles. The molecule has 0 saturated carbocycles. The number of rotatable bonds is 2. The molecule has 13 heavy (non-hydrogen) atoms. The van der Waals surface area contributed by atoms with Crippen LogP contribution < -0.4 is 0 Å². The van der Waals surface area contributed by atoms with Gasteiger partial charge in [-0.15, -0.1) is 0 Å². The van der Waals surface area contributed by atoms with Gasteiger partial charge in [0.2, 0.25) is 0 Å². The number of aromatic carboxylic acids is 1. The van der Waals surface area contributed by atoms with Gasteiger partial charge >= 0.3 is 5.97 Å². The van der Waals surface area contributed by atoms with Crippen LogP contribution in [0.2, 0.25) is 0 Å². The molecule has 0 amide bonds. The highest BCUT2D eigenvalue weighted by Gasteiger charge is 2.14. The van der Waals surface area contributed by atoms with Crippen LogP contribution in [0.5, 0.6) is 0 Å². The molecular weight excluding hydrogens is 243 g/mol. The minimum atomic E-state index is -1.25. The van der Waals surface area contributed by atoms with Gasteiger partial charge < -0.3 is 5.11 Å². The fourth-order valence-electron chi connectivity index (χ4n) is 0.821. The summed E-state index contributed by atoms with van der Waals surface area (Å²) in [5.41, 5.74) is -0.375. The Balaban J connectivity index is 3.39. The number of carbonyl (C=O) groups is 2. The summed E-state index contributed by atoms with van der Waals surface area (Å²) in [5.74, 6) is -2.10. The molecule has 0 aliphatic carbocycles. The lowest BCUT2D eigenvalue weighted by molar-refractivity contribution is 0.0695. The lowest BCUT2D eigenvalue weighted by atomic mass is 10.1. The molecule has 0 aliphatic rings. The molecule has 1 N–H and O–H groups in total. The van der Waals surface area contributed by atoms with Gasteiger partial charge in [0, 0.05) is 0 Å². The Morgan fingerprint density at radius 1 is 1.54 bits per heavy atom. The summed E-state index contributed by atoms with van der Waals surface area (Å²) in [5, 5.41) is 8.57. The zero-order valence-corrected chi connectivity index (χ0v) is 7.84. The average Bonchev–Trinajstić information content (AvgIpc) is 2.09. The van der Waals surface area contributed by atoms with Gasteiger partial charge in [-0.25, -0.2) is 9.18 Å². The van der Waals surface area contributed by atoms with Crippen LogP contribution in [-0.4, -0.2) is 17.4 Å². The predicted octanol–water partition coefficient (Wildman–Crippen LogP) is 2.10. The first-order valence-corrected chi connectivity index (χ1v) is 4.03. The van der Waals surface area contributed by atoms with Gasteiger partial charge in [0.1, 0.15) is 5.82 Å². The predicted molar refractivity (Wildman–Crippen MR) is 46.4 cm³/mol. The van der Waals surface area contributed by atoms with Crippen LogP contribution in [0, 0.1) is 5.82 Å². The van der Waals surface area contributed by atoms with E-state index in [9.17, 15) is 14.0 Å². The second-order valence-electron chi connectivity index (χ2n) is 2.25. The normalized spacial score (nSPS) is 9.69. The molecule has 0 fully saturated rings. The molecule has 3 nitrogen and oxygen atoms in total. The molecule has 0 atom stereocenters. The first-order valence-electron chi connectivity index (χ1n) is 3.24. The molecule has 5 heteroatoms. The van der Waals surface area contributed by atoms with Crippen molar-refractivity contribution in [3.05, 3.63) is 33.5 Å². The summed E-state index contributed by atoms with van der Waals surface area (Å²) >= 11 is 2.76. The van der Waals surface area contributed by atoms with Crippen LogP contribution in [-0.2, 0) is 0 Å². The van der Waals surface area contributed by atoms with Crippen molar-refractivity contribution in [2.24, 2.45) is 0 Å². The molecule has 0 radical (unpaired) electrons. The molecule has 0 heterocycles. The van der Waals surface area contributed by atoms with Crippen molar-refractivity contribution < 1.29 is 19.1 Å². The van der Waals surface area contributed by atoms with Gasteiger partial charge in [0.05, 0.1) is 15.6 Å². The third kappa shape index (κ3) is 1.75. The molecule has 0 aliphatic heterocycles. The monoisotopic (exact) mass is 246 g/mol. The summed E-state index contributed by atoms with van der Waals surface area (Å²) in [7, 11) is 0. The number of carboxylic acids is 1. The Bertz CT molecular complexity index is 376. The zero-order valence-electron chi connectivity index (χ0n) is 6.25. The van der Waals surface area contributed by atoms with Crippen molar-refractivity contribution in [3.63, 3.8) is 0 Å². The number of hydrogen-bond donors (Lipinski definition) is 1. The SMILES string of the molecule is O=Cc1ccc(C(=O)O)c(Br)c1F. The Kier molecular flexibility index (Phi) is 2.77. The second kappa shape index (κ2) is 3.66. The van der Waals surface area contributed by atoms with E-state index in [2.05, 4.69) is 15.9 Å². The Hall–Kier alpha value is -1.23. The molecule has 1 aromatic rings. The highest BCUT2D eigenvalue weighted by molar-refractivity contribution is 9.10. The molecule has 0 unspecified atom stereocenters. The Morgan fingerprint density at radius 3 is 2.62 bits per heavy atom. The van der Waals surface area contributed by atoms with Crippen molar-refractivity contribution in [2.45, 2.75) is 0 Å². The van der Waals surface area contributed by atoms with E-state index in [0.29, 0.717) is 6.29 Å². The minimum absolute atomic E-state index is 0.170. The third-order valence-electron chi connectivity index (χ3n) is 1.47. The van der Waals surface area contributed by atoms with E-state index in [1.807, 2.05) is 0 Å². The smallest absolute Gasteiger partial charge is 0.336 e. The van der Waals surface area contributed by atoms with Crippen molar-refractivity contribution >= 4 is 28.2 Å². The quantitative estimate of drug-likeness (QED) is 0.814. The topological polar surface area (TPSA) is 54.4 Å². The summed E-state index contributed by atoms with van der Waals surface area (Å²) in [6.45, 7) is 0. The van der Waals surface area contributed by atoms with Gasteiger partial charge in [-0.3, -0.25) is 4.79 Å². The summed E-state index contributed by atoms with van der Waals surface area (Å²) in [6, 6.07) is 2.29. The number of carbonyl (C=O) groups excluding carboxylic acids is 1. The first kappa shape index (κ1) is 9.85. The van der Waals surface area contributed by atoms with Gasteiger partial charge in [-0.1, -0.05) is 0 Å². The minimum Gasteiger partial charge on any atom is -0.478 e. The van der Waals surface area contributed by atoms with E-state index < -0.39 is 11.8 Å². The largest absolute Gasteiger partial charge is 0.478 e. The lowest BCUT2D eigenvalue weighted by Crippen LogP contribution is -2.01. The van der Waals surface area contributed by atoms with Gasteiger partial charge in [0.25, 0.3) is 0 Å². The van der Waals surface area contributed by atoms with E-state index in [4.69, 9.17) is 5.11 Å². The first-order chi connectivity index (χ1) is 6.07. The number of aldehydes is 1. The molecule has 0 bridgehead atoms. The Labute approximate surface area is 81.3 Å². The number of benzene rings is 1. The van der Waals surface area contributed by atoms with Crippen molar-refractivity contribution in [1.29, 1.82) is 0 Å². The van der Waals surface area contributed by atoms with Crippen LogP contribution >= 0.6 is 15.9 Å². The Morgan fingerprint density at radius 2 is 2.15 bits per heavy atom. The van der Waals surface area contributed by atoms with E-state index >= 15 is 0 Å². The zero-order chi connectivity index (χ0) is 10.0. The molecule has 1 rings (SSSR count). The maximum absolute atomic E-state index is 13.1. The fraction of sp³-hybridized carbons (Fsp3) is 0. The van der Waals surface area contributed by atoms with E-state index in [1.54, 1.807) is 0 Å². The number of carboxylic acid groups (broad SMARTS) is 1. The molecule has 68 valence electrons. The second-order valence-corrected chi connectivity index (χ2v) is 3.05. The van der Waals surface area contributed by atoms with Crippen LogP contribution in [0.25, 0.3) is 0 Å². The average molecular weight is 247 g/mol. The van der Waals surface area contributed by atoms with E-state index in [1.165, 1.54) is 6.07 Å². The molecule has 0 spiro atoms. The summed E-state index contributed by atoms with van der Waals surface area (Å²) in [4.78, 5) is 20.7. The standard InChI is InChI=1S/C8H4BrFO3/c9-6-5(8(12)13)2-1-4(3-11)7(6)10/h1-3H,(H,12,13). The summed E-state index contributed by atoms with van der Waals surface area (Å²) in [6.07, 6.45) is 0.325. The maximum atomic E-state index is 13.1. The number of hydrogen-bond acceptors (Lipinski definition) is 2. The van der Waals surface area contributed by atoms with E-state index in [-0.39, 0.29) is 15.6 Å². The van der Waals surface area contributed by atoms with Crippen LogP contribution in [0.3, 0.4) is 0 Å². The van der Waals surface area contributed by atoms with Crippen LogP contribution in [0.4, 0.5) is 4.39 Å². The van der Waals surface area contributed by atoms with Gasteiger partial charge in [-0.2, -0.15) is 0 Å². The van der Waals surface area contributed by atoms with Gasteiger partial charge in [0.15, 0.2) is 6.29 Å². The van der Waals surface area contributed by atoms with Crippen molar-refractivity contribution in [2.75, 3.05) is 0 Å². The molecule has 0 aromatic heterocycles. The van der Waals surface area contributed by atoms with Crippen LogP contribution in [0.1, 0.15) is 20.7 Å². The van der Waals surface area contributed by atoms with E-state index in [0.717, 1.165) is 6.07 Å². The third-order valence-corrected chi connectivity index (χ3v) is 2.24. The lowest BCUT2D eigenvalue weighted by Gasteiger charge is -2.01.